The minimum Gasteiger partial charge on any atom is -0.480 e. The van der Waals surface area contributed by atoms with Crippen molar-refractivity contribution in [2.75, 3.05) is 6.61 Å². The van der Waals surface area contributed by atoms with Crippen LogP contribution in [0.5, 0.6) is 0 Å². The highest BCUT2D eigenvalue weighted by Crippen LogP contribution is 2.44. The number of benzene rings is 2. The van der Waals surface area contributed by atoms with Crippen molar-refractivity contribution in [1.82, 2.24) is 10.6 Å². The number of fused-ring (bicyclic) bond motifs is 3. The van der Waals surface area contributed by atoms with E-state index in [-0.39, 0.29) is 12.5 Å². The molecule has 1 fully saturated rings. The molecular weight excluding hydrogens is 420 g/mol. The molecule has 7 nitrogen and oxygen atoms in total. The van der Waals surface area contributed by atoms with Crippen LogP contribution in [0.25, 0.3) is 11.1 Å². The summed E-state index contributed by atoms with van der Waals surface area (Å²) in [6, 6.07) is 14.4. The molecule has 1 saturated carbocycles. The number of carbonyl (C=O) groups excluding carboxylic acids is 2. The van der Waals surface area contributed by atoms with E-state index in [1.165, 1.54) is 0 Å². The van der Waals surface area contributed by atoms with Gasteiger partial charge < -0.3 is 20.5 Å². The van der Waals surface area contributed by atoms with Crippen LogP contribution in [0.4, 0.5) is 4.79 Å². The van der Waals surface area contributed by atoms with Crippen molar-refractivity contribution in [3.63, 3.8) is 0 Å². The van der Waals surface area contributed by atoms with Crippen molar-refractivity contribution in [3.8, 4) is 11.1 Å². The number of carbonyl (C=O) groups is 3. The van der Waals surface area contributed by atoms with Gasteiger partial charge in [-0.3, -0.25) is 4.79 Å². The van der Waals surface area contributed by atoms with Crippen molar-refractivity contribution < 1.29 is 24.2 Å². The molecule has 2 atom stereocenters. The van der Waals surface area contributed by atoms with E-state index in [4.69, 9.17) is 4.74 Å². The Bertz CT molecular complexity index is 987. The molecule has 0 heterocycles. The third-order valence-corrected chi connectivity index (χ3v) is 6.41. The van der Waals surface area contributed by atoms with E-state index in [0.717, 1.165) is 35.1 Å². The molecule has 0 spiro atoms. The molecule has 3 N–H and O–H groups in total. The number of aliphatic carboxylic acids is 1. The van der Waals surface area contributed by atoms with E-state index in [0.29, 0.717) is 25.2 Å². The fourth-order valence-electron chi connectivity index (χ4n) is 4.52. The Morgan fingerprint density at radius 2 is 1.58 bits per heavy atom. The monoisotopic (exact) mass is 450 g/mol. The molecule has 0 aliphatic heterocycles. The lowest BCUT2D eigenvalue weighted by Crippen LogP contribution is -2.51. The maximum atomic E-state index is 12.7. The van der Waals surface area contributed by atoms with Crippen molar-refractivity contribution in [3.05, 3.63) is 59.7 Å². The van der Waals surface area contributed by atoms with Gasteiger partial charge in [-0.25, -0.2) is 9.59 Å². The zero-order valence-electron chi connectivity index (χ0n) is 18.8. The summed E-state index contributed by atoms with van der Waals surface area (Å²) in [4.78, 5) is 36.8. The van der Waals surface area contributed by atoms with Crippen LogP contribution in [-0.2, 0) is 14.3 Å². The third-order valence-electron chi connectivity index (χ3n) is 6.41. The molecule has 2 aliphatic rings. The van der Waals surface area contributed by atoms with Gasteiger partial charge in [-0.05, 0) is 41.0 Å². The smallest absolute Gasteiger partial charge is 0.407 e. The van der Waals surface area contributed by atoms with E-state index in [1.54, 1.807) is 0 Å². The van der Waals surface area contributed by atoms with Gasteiger partial charge in [0.1, 0.15) is 18.7 Å². The molecule has 0 bridgehead atoms. The molecule has 4 rings (SSSR count). The summed E-state index contributed by atoms with van der Waals surface area (Å²) in [5, 5.41) is 14.7. The Labute approximate surface area is 193 Å². The van der Waals surface area contributed by atoms with E-state index >= 15 is 0 Å². The standard InChI is InChI=1S/C26H30N2O5/c1-2-7-22(24(29)27-23(25(30)31)14-16-12-13-16)28-26(32)33-15-21-19-10-5-3-8-17(19)18-9-4-6-11-20(18)21/h3-6,8-11,16,21-23H,2,7,12-15H2,1H3,(H,27,29)(H,28,32)(H,30,31). The van der Waals surface area contributed by atoms with Crippen LogP contribution in [0.15, 0.2) is 48.5 Å². The predicted molar refractivity (Wildman–Crippen MR) is 124 cm³/mol. The fourth-order valence-corrected chi connectivity index (χ4v) is 4.52. The molecule has 0 radical (unpaired) electrons. The van der Waals surface area contributed by atoms with Crippen LogP contribution in [0, 0.1) is 5.92 Å². The number of carboxylic acid groups (broad SMARTS) is 1. The second-order valence-corrected chi connectivity index (χ2v) is 8.89. The number of nitrogens with one attached hydrogen (secondary N) is 2. The molecule has 0 saturated heterocycles. The van der Waals surface area contributed by atoms with Gasteiger partial charge in [-0.2, -0.15) is 0 Å². The van der Waals surface area contributed by atoms with E-state index in [1.807, 2.05) is 43.3 Å². The number of ether oxygens (including phenoxy) is 1. The topological polar surface area (TPSA) is 105 Å². The zero-order valence-corrected chi connectivity index (χ0v) is 18.8. The molecule has 174 valence electrons. The van der Waals surface area contributed by atoms with Gasteiger partial charge in [-0.1, -0.05) is 74.7 Å². The Hall–Kier alpha value is -3.35. The van der Waals surface area contributed by atoms with Gasteiger partial charge >= 0.3 is 12.1 Å². The predicted octanol–water partition coefficient (Wildman–Crippen LogP) is 4.06. The van der Waals surface area contributed by atoms with Gasteiger partial charge in [0.15, 0.2) is 0 Å². The largest absolute Gasteiger partial charge is 0.480 e. The average molecular weight is 451 g/mol. The van der Waals surface area contributed by atoms with Crippen molar-refractivity contribution in [2.24, 2.45) is 5.92 Å². The van der Waals surface area contributed by atoms with Gasteiger partial charge in [0.25, 0.3) is 0 Å². The van der Waals surface area contributed by atoms with Crippen LogP contribution in [-0.4, -0.2) is 41.8 Å². The number of amides is 2. The second kappa shape index (κ2) is 10.1. The van der Waals surface area contributed by atoms with Gasteiger partial charge in [0.2, 0.25) is 5.91 Å². The number of rotatable bonds is 10. The summed E-state index contributed by atoms with van der Waals surface area (Å²) in [6.07, 6.45) is 2.78. The summed E-state index contributed by atoms with van der Waals surface area (Å²) < 4.78 is 5.55. The normalized spacial score (nSPS) is 16.3. The van der Waals surface area contributed by atoms with Crippen LogP contribution >= 0.6 is 0 Å². The molecule has 2 aromatic rings. The molecule has 0 aromatic heterocycles. The number of hydrogen-bond acceptors (Lipinski definition) is 4. The first kappa shape index (κ1) is 22.8. The van der Waals surface area contributed by atoms with Crippen LogP contribution in [0.1, 0.15) is 56.1 Å². The second-order valence-electron chi connectivity index (χ2n) is 8.89. The molecule has 2 aliphatic carbocycles. The first-order chi connectivity index (χ1) is 16.0. The highest BCUT2D eigenvalue weighted by Gasteiger charge is 2.33. The molecular formula is C26H30N2O5. The van der Waals surface area contributed by atoms with Crippen molar-refractivity contribution in [1.29, 1.82) is 0 Å². The summed E-state index contributed by atoms with van der Waals surface area (Å²) >= 11 is 0. The van der Waals surface area contributed by atoms with Crippen LogP contribution in [0.2, 0.25) is 0 Å². The first-order valence-corrected chi connectivity index (χ1v) is 11.6. The van der Waals surface area contributed by atoms with E-state index in [9.17, 15) is 19.5 Å². The fraction of sp³-hybridized carbons (Fsp3) is 0.423. The average Bonchev–Trinajstić information content (AvgIpc) is 3.57. The Morgan fingerprint density at radius 3 is 2.12 bits per heavy atom. The molecule has 2 aromatic carbocycles. The molecule has 33 heavy (non-hydrogen) atoms. The van der Waals surface area contributed by atoms with E-state index in [2.05, 4.69) is 22.8 Å². The van der Waals surface area contributed by atoms with Gasteiger partial charge in [0.05, 0.1) is 0 Å². The summed E-state index contributed by atoms with van der Waals surface area (Å²) in [7, 11) is 0. The minimum absolute atomic E-state index is 0.0727. The zero-order chi connectivity index (χ0) is 23.4. The minimum atomic E-state index is -1.05. The molecule has 2 amide bonds. The van der Waals surface area contributed by atoms with Gasteiger partial charge in [-0.15, -0.1) is 0 Å². The maximum absolute atomic E-state index is 12.7. The Balaban J connectivity index is 1.37. The number of hydrogen-bond donors (Lipinski definition) is 3. The van der Waals surface area contributed by atoms with Crippen LogP contribution in [0.3, 0.4) is 0 Å². The Morgan fingerprint density at radius 1 is 0.970 bits per heavy atom. The lowest BCUT2D eigenvalue weighted by Gasteiger charge is -2.21. The lowest BCUT2D eigenvalue weighted by molar-refractivity contribution is -0.142. The highest BCUT2D eigenvalue weighted by atomic mass is 16.5. The number of alkyl carbamates (subject to hydrolysis) is 1. The summed E-state index contributed by atoms with van der Waals surface area (Å²) in [5.41, 5.74) is 4.50. The molecule has 7 heteroatoms. The number of carboxylic acids is 1. The van der Waals surface area contributed by atoms with Crippen LogP contribution < -0.4 is 10.6 Å². The maximum Gasteiger partial charge on any atom is 0.407 e. The quantitative estimate of drug-likeness (QED) is 0.506. The van der Waals surface area contributed by atoms with Crippen molar-refractivity contribution in [2.45, 2.75) is 57.0 Å². The van der Waals surface area contributed by atoms with Crippen molar-refractivity contribution >= 4 is 18.0 Å². The van der Waals surface area contributed by atoms with E-state index < -0.39 is 30.1 Å². The highest BCUT2D eigenvalue weighted by molar-refractivity contribution is 5.89. The summed E-state index contributed by atoms with van der Waals surface area (Å²) in [5.74, 6) is -1.26. The Kier molecular flexibility index (Phi) is 6.96. The molecule has 2 unspecified atom stereocenters. The third kappa shape index (κ3) is 5.35. The summed E-state index contributed by atoms with van der Waals surface area (Å²) in [6.45, 7) is 2.05. The van der Waals surface area contributed by atoms with Gasteiger partial charge in [0, 0.05) is 5.92 Å². The SMILES string of the molecule is CCCC(NC(=O)OCC1c2ccccc2-c2ccccc21)C(=O)NC(CC1CC1)C(=O)O. The first-order valence-electron chi connectivity index (χ1n) is 11.6. The lowest BCUT2D eigenvalue weighted by atomic mass is 9.98.